The zero-order valence-electron chi connectivity index (χ0n) is 15.4. The van der Waals surface area contributed by atoms with Crippen molar-refractivity contribution in [3.05, 3.63) is 51.7 Å². The second kappa shape index (κ2) is 7.42. The summed E-state index contributed by atoms with van der Waals surface area (Å²) in [5, 5.41) is 2.76. The average Bonchev–Trinajstić information content (AvgIpc) is 3.40. The van der Waals surface area contributed by atoms with Crippen LogP contribution in [0.5, 0.6) is 0 Å². The first-order valence-corrected chi connectivity index (χ1v) is 10.4. The van der Waals surface area contributed by atoms with Crippen LogP contribution in [0.3, 0.4) is 0 Å². The van der Waals surface area contributed by atoms with Gasteiger partial charge >= 0.3 is 17.8 Å². The van der Waals surface area contributed by atoms with E-state index in [1.54, 1.807) is 11.3 Å². The molecule has 0 radical (unpaired) electrons. The number of hydrogen-bond acceptors (Lipinski definition) is 7. The van der Waals surface area contributed by atoms with Crippen LogP contribution in [-0.2, 0) is 16.1 Å². The molecule has 0 bridgehead atoms. The molecule has 1 aromatic carbocycles. The third kappa shape index (κ3) is 3.32. The molecule has 3 heterocycles. The Morgan fingerprint density at radius 1 is 1.07 bits per heavy atom. The summed E-state index contributed by atoms with van der Waals surface area (Å²) in [5.41, 5.74) is 0.924. The standard InChI is InChI=1S/C19H18N4O3S2/c1-12(16-20-14-7-3-4-8-15(14)28-16)21(2)11-23-18(25)17(24)22(19(23)26)10-13-6-5-9-27-13/h3-9,12H,10-11H2,1-2H3. The highest BCUT2D eigenvalue weighted by atomic mass is 32.1. The molecule has 2 aromatic heterocycles. The fourth-order valence-electron chi connectivity index (χ4n) is 2.98. The largest absolute Gasteiger partial charge is 0.335 e. The summed E-state index contributed by atoms with van der Waals surface area (Å²) in [7, 11) is 1.81. The van der Waals surface area contributed by atoms with Crippen LogP contribution in [0.2, 0.25) is 0 Å². The summed E-state index contributed by atoms with van der Waals surface area (Å²) in [6.45, 7) is 2.12. The molecule has 4 amide bonds. The number of rotatable bonds is 6. The molecule has 1 saturated heterocycles. The number of imide groups is 2. The summed E-state index contributed by atoms with van der Waals surface area (Å²) >= 11 is 3.02. The highest BCUT2D eigenvalue weighted by Crippen LogP contribution is 2.29. The smallest absolute Gasteiger partial charge is 0.279 e. The lowest BCUT2D eigenvalue weighted by Gasteiger charge is -2.26. The van der Waals surface area contributed by atoms with E-state index in [0.29, 0.717) is 0 Å². The molecular formula is C19H18N4O3S2. The van der Waals surface area contributed by atoms with Crippen molar-refractivity contribution in [2.24, 2.45) is 0 Å². The van der Waals surface area contributed by atoms with Crippen molar-refractivity contribution in [3.63, 3.8) is 0 Å². The minimum atomic E-state index is -0.787. The molecule has 9 heteroatoms. The van der Waals surface area contributed by atoms with Gasteiger partial charge in [-0.1, -0.05) is 18.2 Å². The number of carbonyl (C=O) groups is 3. The van der Waals surface area contributed by atoms with Crippen molar-refractivity contribution in [2.75, 3.05) is 13.7 Å². The molecule has 1 aliphatic heterocycles. The van der Waals surface area contributed by atoms with Gasteiger partial charge in [0, 0.05) is 4.88 Å². The number of carbonyl (C=O) groups excluding carboxylic acids is 3. The van der Waals surface area contributed by atoms with Gasteiger partial charge in [-0.05, 0) is 37.6 Å². The lowest BCUT2D eigenvalue weighted by atomic mass is 10.3. The Kier molecular flexibility index (Phi) is 4.96. The maximum Gasteiger partial charge on any atom is 0.335 e. The number of nitrogens with zero attached hydrogens (tertiary/aromatic N) is 4. The fourth-order valence-corrected chi connectivity index (χ4v) is 4.75. The molecule has 144 valence electrons. The highest BCUT2D eigenvalue weighted by Gasteiger charge is 2.45. The number of aromatic nitrogens is 1. The van der Waals surface area contributed by atoms with Gasteiger partial charge in [0.15, 0.2) is 0 Å². The van der Waals surface area contributed by atoms with Crippen LogP contribution in [0, 0.1) is 0 Å². The molecule has 0 aliphatic carbocycles. The molecule has 7 nitrogen and oxygen atoms in total. The lowest BCUT2D eigenvalue weighted by Crippen LogP contribution is -2.41. The number of para-hydroxylation sites is 1. The molecule has 3 aromatic rings. The topological polar surface area (TPSA) is 73.8 Å². The lowest BCUT2D eigenvalue weighted by molar-refractivity contribution is -0.144. The van der Waals surface area contributed by atoms with Crippen LogP contribution in [0.25, 0.3) is 10.2 Å². The second-order valence-electron chi connectivity index (χ2n) is 6.58. The Bertz CT molecular complexity index is 1010. The van der Waals surface area contributed by atoms with Crippen LogP contribution in [-0.4, -0.2) is 51.2 Å². The summed E-state index contributed by atoms with van der Waals surface area (Å²) < 4.78 is 1.09. The fraction of sp³-hybridized carbons (Fsp3) is 0.263. The van der Waals surface area contributed by atoms with Crippen LogP contribution in [0.15, 0.2) is 41.8 Å². The van der Waals surface area contributed by atoms with Gasteiger partial charge in [-0.2, -0.15) is 0 Å². The quantitative estimate of drug-likeness (QED) is 0.457. The SMILES string of the molecule is CC(c1nc2ccccc2s1)N(C)CN1C(=O)C(=O)N(Cc2cccs2)C1=O. The maximum absolute atomic E-state index is 12.7. The van der Waals surface area contributed by atoms with Gasteiger partial charge in [0.1, 0.15) is 5.01 Å². The van der Waals surface area contributed by atoms with Gasteiger partial charge < -0.3 is 0 Å². The average molecular weight is 415 g/mol. The first-order valence-electron chi connectivity index (χ1n) is 8.71. The van der Waals surface area contributed by atoms with E-state index in [4.69, 9.17) is 0 Å². The Morgan fingerprint density at radius 3 is 2.54 bits per heavy atom. The van der Waals surface area contributed by atoms with Crippen LogP contribution < -0.4 is 0 Å². The van der Waals surface area contributed by atoms with Crippen molar-refractivity contribution in [1.82, 2.24) is 19.7 Å². The first-order chi connectivity index (χ1) is 13.5. The number of thiazole rings is 1. The van der Waals surface area contributed by atoms with Gasteiger partial charge in [0.2, 0.25) is 0 Å². The van der Waals surface area contributed by atoms with Gasteiger partial charge in [-0.25, -0.2) is 14.7 Å². The number of hydrogen-bond donors (Lipinski definition) is 0. The third-order valence-corrected chi connectivity index (χ3v) is 6.79. The van der Waals surface area contributed by atoms with Crippen molar-refractivity contribution < 1.29 is 14.4 Å². The van der Waals surface area contributed by atoms with Crippen molar-refractivity contribution >= 4 is 50.7 Å². The zero-order chi connectivity index (χ0) is 19.8. The van der Waals surface area contributed by atoms with Crippen molar-refractivity contribution in [3.8, 4) is 0 Å². The number of fused-ring (bicyclic) bond motifs is 1. The summed E-state index contributed by atoms with van der Waals surface area (Å²) in [6.07, 6.45) is 0. The summed E-state index contributed by atoms with van der Waals surface area (Å²) in [6, 6.07) is 10.9. The van der Waals surface area contributed by atoms with Gasteiger partial charge in [-0.3, -0.25) is 19.4 Å². The van der Waals surface area contributed by atoms with Crippen molar-refractivity contribution in [2.45, 2.75) is 19.5 Å². The molecule has 28 heavy (non-hydrogen) atoms. The van der Waals surface area contributed by atoms with E-state index < -0.39 is 17.8 Å². The Balaban J connectivity index is 1.48. The molecular weight excluding hydrogens is 396 g/mol. The first kappa shape index (κ1) is 18.7. The highest BCUT2D eigenvalue weighted by molar-refractivity contribution is 7.18. The molecule has 0 N–H and O–H groups in total. The van der Waals surface area contributed by atoms with Gasteiger partial charge in [0.25, 0.3) is 0 Å². The molecule has 0 saturated carbocycles. The van der Waals surface area contributed by atoms with E-state index >= 15 is 0 Å². The summed E-state index contributed by atoms with van der Waals surface area (Å²) in [4.78, 5) is 46.7. The van der Waals surface area contributed by atoms with E-state index in [9.17, 15) is 14.4 Å². The van der Waals surface area contributed by atoms with Crippen LogP contribution >= 0.6 is 22.7 Å². The molecule has 1 atom stereocenters. The number of amides is 4. The predicted molar refractivity (Wildman–Crippen MR) is 108 cm³/mol. The Morgan fingerprint density at radius 2 is 1.82 bits per heavy atom. The predicted octanol–water partition coefficient (Wildman–Crippen LogP) is 3.30. The third-order valence-electron chi connectivity index (χ3n) is 4.72. The second-order valence-corrected chi connectivity index (χ2v) is 8.68. The van der Waals surface area contributed by atoms with E-state index in [1.165, 1.54) is 11.3 Å². The molecule has 1 unspecified atom stereocenters. The minimum absolute atomic E-state index is 0.0292. The number of benzene rings is 1. The van der Waals surface area contributed by atoms with Crippen LogP contribution in [0.4, 0.5) is 4.79 Å². The van der Waals surface area contributed by atoms with Crippen LogP contribution in [0.1, 0.15) is 22.9 Å². The van der Waals surface area contributed by atoms with E-state index in [2.05, 4.69) is 4.98 Å². The van der Waals surface area contributed by atoms with Gasteiger partial charge in [0.05, 0.1) is 29.5 Å². The molecule has 1 fully saturated rings. The monoisotopic (exact) mass is 414 g/mol. The van der Waals surface area contributed by atoms with Crippen molar-refractivity contribution in [1.29, 1.82) is 0 Å². The maximum atomic E-state index is 12.7. The summed E-state index contributed by atoms with van der Waals surface area (Å²) in [5.74, 6) is -1.57. The van der Waals surface area contributed by atoms with E-state index in [1.807, 2.05) is 60.6 Å². The minimum Gasteiger partial charge on any atom is -0.279 e. The van der Waals surface area contributed by atoms with Gasteiger partial charge in [-0.15, -0.1) is 22.7 Å². The number of thiophene rings is 1. The molecule has 4 rings (SSSR count). The normalized spacial score (nSPS) is 16.0. The molecule has 1 aliphatic rings. The Labute approximate surface area is 169 Å². The zero-order valence-corrected chi connectivity index (χ0v) is 17.0. The Hall–Kier alpha value is -2.62. The van der Waals surface area contributed by atoms with E-state index in [0.717, 1.165) is 29.9 Å². The molecule has 0 spiro atoms. The van der Waals surface area contributed by atoms with E-state index in [-0.39, 0.29) is 19.3 Å². The number of urea groups is 1.